The Bertz CT molecular complexity index is 4270. The van der Waals surface area contributed by atoms with Gasteiger partial charge < -0.3 is 0 Å². The molecule has 0 spiro atoms. The molecule has 0 aliphatic heterocycles. The third-order valence-corrected chi connectivity index (χ3v) is 16.5. The van der Waals surface area contributed by atoms with Gasteiger partial charge in [0.15, 0.2) is 0 Å². The largest absolute Gasteiger partial charge is 0.134 e. The Morgan fingerprint density at radius 3 is 1.12 bits per heavy atom. The maximum absolute atomic E-state index is 2.50. The van der Waals surface area contributed by atoms with Crippen molar-refractivity contribution in [3.05, 3.63) is 243 Å². The minimum atomic E-state index is 1.21. The van der Waals surface area contributed by atoms with Crippen LogP contribution in [-0.4, -0.2) is 0 Å². The molecule has 0 fully saturated rings. The number of rotatable bonds is 6. The van der Waals surface area contributed by atoms with Gasteiger partial charge in [0.1, 0.15) is 0 Å². The Hall–Kier alpha value is -8.14. The molecule has 68 heavy (non-hydrogen) atoms. The summed E-state index contributed by atoms with van der Waals surface area (Å²) in [5, 5.41) is 17.6. The maximum atomic E-state index is 2.50. The normalized spacial score (nSPS) is 11.8. The summed E-state index contributed by atoms with van der Waals surface area (Å²) in [6, 6.07) is 90.4. The van der Waals surface area contributed by atoms with Crippen LogP contribution in [-0.2, 0) is 0 Å². The molecule has 316 valence electrons. The third-order valence-electron chi connectivity index (χ3n) is 14.1. The average molecular weight is 897 g/mol. The fourth-order valence-electron chi connectivity index (χ4n) is 11.0. The first kappa shape index (κ1) is 39.1. The SMILES string of the molecule is c1ccc2cc(-c3c4ccccc4c(-c4ccc5ccccc5c4)c4cc(-c5c6ccccc6c(-c6ccc(-c7ccc(-c8cccc9ccccc89)s7)s6)c6ccccc56)ccc34)ccc2c1. The molecule has 2 heteroatoms. The van der Waals surface area contributed by atoms with Gasteiger partial charge in [0.2, 0.25) is 0 Å². The second-order valence-electron chi connectivity index (χ2n) is 17.9. The van der Waals surface area contributed by atoms with Crippen molar-refractivity contribution in [3.8, 4) is 64.0 Å². The van der Waals surface area contributed by atoms with Gasteiger partial charge in [-0.15, -0.1) is 22.7 Å². The zero-order valence-corrected chi connectivity index (χ0v) is 38.5. The molecule has 0 bridgehead atoms. The van der Waals surface area contributed by atoms with Crippen molar-refractivity contribution < 1.29 is 0 Å². The molecule has 0 nitrogen and oxygen atoms in total. The van der Waals surface area contributed by atoms with Gasteiger partial charge in [-0.05, 0) is 157 Å². The summed E-state index contributed by atoms with van der Waals surface area (Å²) in [6.07, 6.45) is 0. The van der Waals surface area contributed by atoms with E-state index in [9.17, 15) is 0 Å². The van der Waals surface area contributed by atoms with Crippen molar-refractivity contribution in [2.75, 3.05) is 0 Å². The van der Waals surface area contributed by atoms with Crippen LogP contribution in [0.25, 0.3) is 139 Å². The fourth-order valence-corrected chi connectivity index (χ4v) is 13.2. The van der Waals surface area contributed by atoms with E-state index in [0.29, 0.717) is 0 Å². The van der Waals surface area contributed by atoms with Crippen molar-refractivity contribution in [1.82, 2.24) is 0 Å². The van der Waals surface area contributed by atoms with Crippen LogP contribution in [0.4, 0.5) is 0 Å². The van der Waals surface area contributed by atoms with Gasteiger partial charge in [-0.25, -0.2) is 0 Å². The summed E-state index contributed by atoms with van der Waals surface area (Å²) in [7, 11) is 0. The van der Waals surface area contributed by atoms with E-state index >= 15 is 0 Å². The van der Waals surface area contributed by atoms with E-state index in [1.807, 2.05) is 22.7 Å². The smallest absolute Gasteiger partial charge is 0.0449 e. The summed E-state index contributed by atoms with van der Waals surface area (Å²) >= 11 is 3.78. The van der Waals surface area contributed by atoms with Crippen molar-refractivity contribution in [2.24, 2.45) is 0 Å². The number of hydrogen-bond acceptors (Lipinski definition) is 2. The highest BCUT2D eigenvalue weighted by atomic mass is 32.1. The molecule has 2 heterocycles. The highest BCUT2D eigenvalue weighted by Crippen LogP contribution is 2.50. The molecule has 0 atom stereocenters. The quantitative estimate of drug-likeness (QED) is 0.146. The van der Waals surface area contributed by atoms with Crippen molar-refractivity contribution in [3.63, 3.8) is 0 Å². The van der Waals surface area contributed by atoms with Gasteiger partial charge in [-0.2, -0.15) is 0 Å². The lowest BCUT2D eigenvalue weighted by atomic mass is 9.83. The van der Waals surface area contributed by atoms with E-state index in [2.05, 4.69) is 243 Å². The van der Waals surface area contributed by atoms with Gasteiger partial charge in [0.05, 0.1) is 0 Å². The lowest BCUT2D eigenvalue weighted by molar-refractivity contribution is 1.67. The second kappa shape index (κ2) is 15.7. The molecule has 0 unspecified atom stereocenters. The van der Waals surface area contributed by atoms with Gasteiger partial charge in [-0.1, -0.05) is 200 Å². The van der Waals surface area contributed by atoms with Gasteiger partial charge in [0, 0.05) is 25.1 Å². The van der Waals surface area contributed by atoms with E-state index in [-0.39, 0.29) is 0 Å². The Balaban J connectivity index is 0.985. The number of benzene rings is 12. The van der Waals surface area contributed by atoms with Crippen molar-refractivity contribution in [2.45, 2.75) is 0 Å². The standard InChI is InChI=1S/C66H40S2/c1-3-17-44-38-46(30-28-41(44)14-1)63-51-21-7-8-22-52(51)65(47-31-29-42-15-2-4-18-45(42)39-47)58-40-48(32-33-57(58)63)64-53-23-9-11-25-55(53)66(56-26-12-10-24-54(56)64)62-37-36-61(68-62)60-35-34-59(67-60)50-27-13-19-43-16-5-6-20-49(43)50/h1-40H. The maximum Gasteiger partial charge on any atom is 0.0449 e. The molecule has 12 aromatic carbocycles. The topological polar surface area (TPSA) is 0 Å². The number of thiophene rings is 2. The Labute approximate surface area is 402 Å². The summed E-state index contributed by atoms with van der Waals surface area (Å²) < 4.78 is 0. The highest BCUT2D eigenvalue weighted by molar-refractivity contribution is 7.25. The van der Waals surface area contributed by atoms with E-state index in [4.69, 9.17) is 0 Å². The Morgan fingerprint density at radius 1 is 0.191 bits per heavy atom. The molecule has 0 radical (unpaired) electrons. The molecule has 0 N–H and O–H groups in total. The predicted octanol–water partition coefficient (Wildman–Crippen LogP) is 19.9. The summed E-state index contributed by atoms with van der Waals surface area (Å²) in [4.78, 5) is 5.16. The summed E-state index contributed by atoms with van der Waals surface area (Å²) in [6.45, 7) is 0. The molecule has 0 saturated heterocycles. The number of hydrogen-bond donors (Lipinski definition) is 0. The lowest BCUT2D eigenvalue weighted by Crippen LogP contribution is -1.93. The molecule has 0 amide bonds. The predicted molar refractivity (Wildman–Crippen MR) is 297 cm³/mol. The first-order chi connectivity index (χ1) is 33.7. The van der Waals surface area contributed by atoms with E-state index < -0.39 is 0 Å². The first-order valence-electron chi connectivity index (χ1n) is 23.3. The molecular weight excluding hydrogens is 857 g/mol. The first-order valence-corrected chi connectivity index (χ1v) is 24.9. The van der Waals surface area contributed by atoms with Crippen LogP contribution in [0.3, 0.4) is 0 Å². The second-order valence-corrected chi connectivity index (χ2v) is 20.0. The van der Waals surface area contributed by atoms with Crippen LogP contribution in [0.1, 0.15) is 0 Å². The van der Waals surface area contributed by atoms with Crippen molar-refractivity contribution >= 4 is 98.1 Å². The van der Waals surface area contributed by atoms with Crippen LogP contribution in [0.15, 0.2) is 243 Å². The van der Waals surface area contributed by atoms with Crippen LogP contribution < -0.4 is 0 Å². The molecule has 0 aliphatic carbocycles. The monoisotopic (exact) mass is 896 g/mol. The summed E-state index contributed by atoms with van der Waals surface area (Å²) in [5.41, 5.74) is 10.0. The van der Waals surface area contributed by atoms with Crippen LogP contribution in [0, 0.1) is 0 Å². The van der Waals surface area contributed by atoms with Gasteiger partial charge in [0.25, 0.3) is 0 Å². The molecular formula is C66H40S2. The Kier molecular flexibility index (Phi) is 9.05. The van der Waals surface area contributed by atoms with Gasteiger partial charge in [-0.3, -0.25) is 0 Å². The zero-order valence-electron chi connectivity index (χ0n) is 36.9. The zero-order chi connectivity index (χ0) is 44.7. The minimum Gasteiger partial charge on any atom is -0.134 e. The number of fused-ring (bicyclic) bond motifs is 7. The van der Waals surface area contributed by atoms with E-state index in [1.165, 1.54) is 139 Å². The third kappa shape index (κ3) is 6.26. The lowest BCUT2D eigenvalue weighted by Gasteiger charge is -2.21. The molecule has 0 saturated carbocycles. The van der Waals surface area contributed by atoms with Crippen LogP contribution in [0.5, 0.6) is 0 Å². The van der Waals surface area contributed by atoms with Crippen LogP contribution in [0.2, 0.25) is 0 Å². The molecule has 2 aromatic heterocycles. The average Bonchev–Trinajstić information content (AvgIpc) is 4.10. The Morgan fingerprint density at radius 2 is 0.559 bits per heavy atom. The molecule has 14 aromatic rings. The molecule has 14 rings (SSSR count). The van der Waals surface area contributed by atoms with Crippen LogP contribution >= 0.6 is 22.7 Å². The van der Waals surface area contributed by atoms with Gasteiger partial charge >= 0.3 is 0 Å². The fraction of sp³-hybridized carbons (Fsp3) is 0. The minimum absolute atomic E-state index is 1.21. The highest BCUT2D eigenvalue weighted by Gasteiger charge is 2.22. The summed E-state index contributed by atoms with van der Waals surface area (Å²) in [5.74, 6) is 0. The van der Waals surface area contributed by atoms with Crippen molar-refractivity contribution in [1.29, 1.82) is 0 Å². The van der Waals surface area contributed by atoms with E-state index in [0.717, 1.165) is 0 Å². The van der Waals surface area contributed by atoms with E-state index in [1.54, 1.807) is 0 Å². The molecule has 0 aliphatic rings.